The Morgan fingerprint density at radius 3 is 2.45 bits per heavy atom. The van der Waals surface area contributed by atoms with Gasteiger partial charge >= 0.3 is 5.69 Å². The molecule has 1 N–H and O–H groups in total. The van der Waals surface area contributed by atoms with E-state index in [0.717, 1.165) is 25.7 Å². The number of nitro groups is 1. The zero-order valence-electron chi connectivity index (χ0n) is 11.9. The highest BCUT2D eigenvalue weighted by molar-refractivity contribution is 5.62. The SMILES string of the molecule is COc1nc(C)nc(NC2CCCCCC2)c1[N+](=O)[O-]. The molecule has 0 radical (unpaired) electrons. The van der Waals surface area contributed by atoms with E-state index in [9.17, 15) is 10.1 Å². The summed E-state index contributed by atoms with van der Waals surface area (Å²) in [4.78, 5) is 18.9. The minimum atomic E-state index is -0.489. The molecule has 0 spiro atoms. The largest absolute Gasteiger partial charge is 0.476 e. The highest BCUT2D eigenvalue weighted by Gasteiger charge is 2.27. The van der Waals surface area contributed by atoms with Gasteiger partial charge in [-0.2, -0.15) is 4.98 Å². The zero-order valence-corrected chi connectivity index (χ0v) is 11.9. The number of hydrogen-bond donors (Lipinski definition) is 1. The molecule has 0 unspecified atom stereocenters. The Morgan fingerprint density at radius 2 is 1.90 bits per heavy atom. The number of anilines is 1. The van der Waals surface area contributed by atoms with E-state index in [4.69, 9.17) is 4.74 Å². The quantitative estimate of drug-likeness (QED) is 0.518. The van der Waals surface area contributed by atoms with Gasteiger partial charge < -0.3 is 10.1 Å². The van der Waals surface area contributed by atoms with Crippen molar-refractivity contribution in [1.82, 2.24) is 9.97 Å². The van der Waals surface area contributed by atoms with Crippen LogP contribution >= 0.6 is 0 Å². The second kappa shape index (κ2) is 6.49. The van der Waals surface area contributed by atoms with E-state index in [1.807, 2.05) is 0 Å². The molecule has 0 saturated heterocycles. The predicted octanol–water partition coefficient (Wildman–Crippen LogP) is 2.84. The van der Waals surface area contributed by atoms with Crippen molar-refractivity contribution in [2.75, 3.05) is 12.4 Å². The fourth-order valence-corrected chi connectivity index (χ4v) is 2.57. The van der Waals surface area contributed by atoms with Crippen LogP contribution in [0.3, 0.4) is 0 Å². The van der Waals surface area contributed by atoms with E-state index in [1.165, 1.54) is 20.0 Å². The summed E-state index contributed by atoms with van der Waals surface area (Å²) in [5.74, 6) is 0.744. The Balaban J connectivity index is 2.29. The summed E-state index contributed by atoms with van der Waals surface area (Å²) in [7, 11) is 1.38. The van der Waals surface area contributed by atoms with Crippen LogP contribution in [0.5, 0.6) is 5.88 Å². The molecule has 1 aromatic rings. The molecule has 7 nitrogen and oxygen atoms in total. The number of ether oxygens (including phenoxy) is 1. The maximum atomic E-state index is 11.2. The third kappa shape index (κ3) is 3.34. The van der Waals surface area contributed by atoms with Crippen molar-refractivity contribution >= 4 is 11.5 Å². The molecule has 110 valence electrons. The van der Waals surface area contributed by atoms with Crippen LogP contribution in [0.15, 0.2) is 0 Å². The van der Waals surface area contributed by atoms with Crippen LogP contribution in [0.2, 0.25) is 0 Å². The van der Waals surface area contributed by atoms with Gasteiger partial charge in [0.2, 0.25) is 5.82 Å². The highest BCUT2D eigenvalue weighted by Crippen LogP contribution is 2.33. The number of rotatable bonds is 4. The van der Waals surface area contributed by atoms with Gasteiger partial charge in [-0.05, 0) is 19.8 Å². The number of methoxy groups -OCH3 is 1. The van der Waals surface area contributed by atoms with Gasteiger partial charge in [-0.3, -0.25) is 10.1 Å². The van der Waals surface area contributed by atoms with Crippen molar-refractivity contribution in [2.24, 2.45) is 0 Å². The lowest BCUT2D eigenvalue weighted by molar-refractivity contribution is -0.385. The predicted molar refractivity (Wildman–Crippen MR) is 75.1 cm³/mol. The lowest BCUT2D eigenvalue weighted by Crippen LogP contribution is -2.20. The van der Waals surface area contributed by atoms with Gasteiger partial charge in [-0.1, -0.05) is 25.7 Å². The Labute approximate surface area is 117 Å². The minimum Gasteiger partial charge on any atom is -0.476 e. The van der Waals surface area contributed by atoms with Crippen LogP contribution < -0.4 is 10.1 Å². The maximum absolute atomic E-state index is 11.2. The van der Waals surface area contributed by atoms with Crippen molar-refractivity contribution < 1.29 is 9.66 Å². The fraction of sp³-hybridized carbons (Fsp3) is 0.692. The second-order valence-corrected chi connectivity index (χ2v) is 5.07. The van der Waals surface area contributed by atoms with Crippen molar-refractivity contribution in [3.8, 4) is 5.88 Å². The van der Waals surface area contributed by atoms with E-state index in [2.05, 4.69) is 15.3 Å². The monoisotopic (exact) mass is 280 g/mol. The minimum absolute atomic E-state index is 0.0126. The van der Waals surface area contributed by atoms with Crippen molar-refractivity contribution in [3.63, 3.8) is 0 Å². The highest BCUT2D eigenvalue weighted by atomic mass is 16.6. The standard InChI is InChI=1S/C13H20N4O3/c1-9-14-12(11(17(18)19)13(15-9)20-2)16-10-7-5-3-4-6-8-10/h10H,3-8H2,1-2H3,(H,14,15,16). The van der Waals surface area contributed by atoms with Gasteiger partial charge in [0.15, 0.2) is 0 Å². The molecule has 20 heavy (non-hydrogen) atoms. The number of aromatic nitrogens is 2. The molecule has 1 aliphatic carbocycles. The van der Waals surface area contributed by atoms with E-state index >= 15 is 0 Å². The van der Waals surface area contributed by atoms with E-state index < -0.39 is 4.92 Å². The lowest BCUT2D eigenvalue weighted by atomic mass is 10.1. The average molecular weight is 280 g/mol. The van der Waals surface area contributed by atoms with Crippen molar-refractivity contribution in [2.45, 2.75) is 51.5 Å². The molecule has 7 heteroatoms. The molecule has 0 aromatic carbocycles. The summed E-state index contributed by atoms with van der Waals surface area (Å²) in [6.45, 7) is 1.70. The molecular weight excluding hydrogens is 260 g/mol. The van der Waals surface area contributed by atoms with E-state index in [0.29, 0.717) is 5.82 Å². The molecule has 1 aliphatic rings. The van der Waals surface area contributed by atoms with Gasteiger partial charge in [0.05, 0.1) is 12.0 Å². The molecule has 2 rings (SSSR count). The van der Waals surface area contributed by atoms with Crippen molar-refractivity contribution in [1.29, 1.82) is 0 Å². The van der Waals surface area contributed by atoms with Gasteiger partial charge in [0.1, 0.15) is 5.82 Å². The van der Waals surface area contributed by atoms with Crippen LogP contribution in [-0.4, -0.2) is 28.0 Å². The fourth-order valence-electron chi connectivity index (χ4n) is 2.57. The summed E-state index contributed by atoms with van der Waals surface area (Å²) in [5.41, 5.74) is -0.178. The first-order chi connectivity index (χ1) is 9.61. The van der Waals surface area contributed by atoms with Gasteiger partial charge in [-0.25, -0.2) is 4.98 Å². The lowest BCUT2D eigenvalue weighted by Gasteiger charge is -2.17. The molecule has 0 amide bonds. The Bertz CT molecular complexity index is 485. The molecule has 0 atom stereocenters. The third-order valence-corrected chi connectivity index (χ3v) is 3.54. The summed E-state index contributed by atoms with van der Waals surface area (Å²) < 4.78 is 5.01. The first kappa shape index (κ1) is 14.5. The second-order valence-electron chi connectivity index (χ2n) is 5.07. The normalized spacial score (nSPS) is 16.5. The van der Waals surface area contributed by atoms with Gasteiger partial charge in [-0.15, -0.1) is 0 Å². The number of nitrogens with zero attached hydrogens (tertiary/aromatic N) is 3. The Hall–Kier alpha value is -1.92. The van der Waals surface area contributed by atoms with Gasteiger partial charge in [0, 0.05) is 6.04 Å². The molecular formula is C13H20N4O3. The van der Waals surface area contributed by atoms with Gasteiger partial charge in [0.25, 0.3) is 5.88 Å². The van der Waals surface area contributed by atoms with Crippen LogP contribution in [0.1, 0.15) is 44.3 Å². The third-order valence-electron chi connectivity index (χ3n) is 3.54. The van der Waals surface area contributed by atoms with Crippen LogP contribution in [0, 0.1) is 17.0 Å². The van der Waals surface area contributed by atoms with Crippen molar-refractivity contribution in [3.05, 3.63) is 15.9 Å². The van der Waals surface area contributed by atoms with E-state index in [1.54, 1.807) is 6.92 Å². The maximum Gasteiger partial charge on any atom is 0.372 e. The molecule has 1 aromatic heterocycles. The van der Waals surface area contributed by atoms with Crippen LogP contribution in [-0.2, 0) is 0 Å². The molecule has 0 bridgehead atoms. The average Bonchev–Trinajstić information content (AvgIpc) is 2.66. The topological polar surface area (TPSA) is 90.2 Å². The summed E-state index contributed by atoms with van der Waals surface area (Å²) in [5, 5.41) is 14.4. The summed E-state index contributed by atoms with van der Waals surface area (Å²) >= 11 is 0. The van der Waals surface area contributed by atoms with Crippen LogP contribution in [0.4, 0.5) is 11.5 Å². The molecule has 1 fully saturated rings. The van der Waals surface area contributed by atoms with Crippen LogP contribution in [0.25, 0.3) is 0 Å². The Morgan fingerprint density at radius 1 is 1.25 bits per heavy atom. The molecule has 1 heterocycles. The summed E-state index contributed by atoms with van der Waals surface area (Å²) in [6.07, 6.45) is 6.78. The molecule has 0 aliphatic heterocycles. The Kier molecular flexibility index (Phi) is 4.70. The zero-order chi connectivity index (χ0) is 14.5. The first-order valence-electron chi connectivity index (χ1n) is 6.95. The van der Waals surface area contributed by atoms with E-state index in [-0.39, 0.29) is 23.4 Å². The smallest absolute Gasteiger partial charge is 0.372 e. The number of nitrogens with one attached hydrogen (secondary N) is 1. The number of hydrogen-bond acceptors (Lipinski definition) is 6. The summed E-state index contributed by atoms with van der Waals surface area (Å²) in [6, 6.07) is 0.232. The molecule has 1 saturated carbocycles. The first-order valence-corrected chi connectivity index (χ1v) is 6.95. The number of aryl methyl sites for hydroxylation is 1.